The van der Waals surface area contributed by atoms with Crippen molar-refractivity contribution in [2.24, 2.45) is 0 Å². The fourth-order valence-electron chi connectivity index (χ4n) is 1.34. The van der Waals surface area contributed by atoms with E-state index in [4.69, 9.17) is 5.26 Å². The van der Waals surface area contributed by atoms with Gasteiger partial charge in [0, 0.05) is 13.3 Å². The molecule has 0 aliphatic heterocycles. The van der Waals surface area contributed by atoms with Gasteiger partial charge in [-0.1, -0.05) is 12.1 Å². The summed E-state index contributed by atoms with van der Waals surface area (Å²) < 4.78 is 46.6. The zero-order valence-corrected chi connectivity index (χ0v) is 11.5. The highest BCUT2D eigenvalue weighted by molar-refractivity contribution is 8.08. The van der Waals surface area contributed by atoms with E-state index in [0.29, 0.717) is 0 Å². The van der Waals surface area contributed by atoms with Gasteiger partial charge in [0.25, 0.3) is 0 Å². The molecule has 0 unspecified atom stereocenters. The van der Waals surface area contributed by atoms with Crippen LogP contribution in [0.2, 0.25) is 0 Å². The summed E-state index contributed by atoms with van der Waals surface area (Å²) >= 11 is 0. The number of sulfone groups is 1. The number of nitrogens with zero attached hydrogens (tertiary/aromatic N) is 2. The number of hydrogen-bond acceptors (Lipinski definition) is 5. The number of anilines is 1. The van der Waals surface area contributed by atoms with Crippen molar-refractivity contribution in [1.29, 1.82) is 5.26 Å². The van der Waals surface area contributed by atoms with Crippen LogP contribution in [0.3, 0.4) is 0 Å². The zero-order chi connectivity index (χ0) is 14.0. The fraction of sp³-hybridized carbons (Fsp3) is 0.300. The summed E-state index contributed by atoms with van der Waals surface area (Å²) in [5.41, 5.74) is 0.320. The van der Waals surface area contributed by atoms with Crippen molar-refractivity contribution in [3.63, 3.8) is 0 Å². The molecule has 0 aromatic heterocycles. The first kappa shape index (κ1) is 14.5. The van der Waals surface area contributed by atoms with E-state index in [2.05, 4.69) is 0 Å². The average molecular weight is 288 g/mol. The molecule has 1 aromatic rings. The molecule has 0 spiro atoms. The standard InChI is InChI=1S/C10H12N2O4S2/c1-12(18(15,16)8-17(2,13)14)10-6-4-3-5-9(10)7-11/h3-6H,8H2,1-2H3. The van der Waals surface area contributed by atoms with Gasteiger partial charge in [-0.05, 0) is 12.1 Å². The first-order chi connectivity index (χ1) is 8.17. The molecular weight excluding hydrogens is 276 g/mol. The largest absolute Gasteiger partial charge is 0.271 e. The Balaban J connectivity index is 3.23. The number of rotatable bonds is 4. The number of hydrogen-bond donors (Lipinski definition) is 0. The molecule has 0 amide bonds. The third kappa shape index (κ3) is 3.45. The lowest BCUT2D eigenvalue weighted by Crippen LogP contribution is -2.32. The van der Waals surface area contributed by atoms with Gasteiger partial charge in [0.1, 0.15) is 6.07 Å². The lowest BCUT2D eigenvalue weighted by atomic mass is 10.2. The Labute approximate surface area is 106 Å². The topological polar surface area (TPSA) is 95.3 Å². The Bertz CT molecular complexity index is 687. The van der Waals surface area contributed by atoms with E-state index in [1.165, 1.54) is 19.2 Å². The Morgan fingerprint density at radius 1 is 1.22 bits per heavy atom. The predicted molar refractivity (Wildman–Crippen MR) is 68.2 cm³/mol. The molecule has 8 heteroatoms. The monoisotopic (exact) mass is 288 g/mol. The Kier molecular flexibility index (Phi) is 3.98. The van der Waals surface area contributed by atoms with Crippen LogP contribution in [-0.4, -0.2) is 35.2 Å². The van der Waals surface area contributed by atoms with Crippen LogP contribution in [0.15, 0.2) is 24.3 Å². The van der Waals surface area contributed by atoms with Crippen LogP contribution >= 0.6 is 0 Å². The Morgan fingerprint density at radius 3 is 2.28 bits per heavy atom. The molecule has 6 nitrogen and oxygen atoms in total. The second kappa shape index (κ2) is 4.96. The van der Waals surface area contributed by atoms with Gasteiger partial charge < -0.3 is 0 Å². The summed E-state index contributed by atoms with van der Waals surface area (Å²) in [7, 11) is -6.46. The van der Waals surface area contributed by atoms with Crippen LogP contribution in [0.1, 0.15) is 5.56 Å². The molecule has 0 aliphatic rings. The molecule has 0 fully saturated rings. The summed E-state index contributed by atoms with van der Waals surface area (Å²) in [5.74, 6) is 0. The molecule has 0 radical (unpaired) electrons. The third-order valence-corrected chi connectivity index (χ3v) is 6.08. The molecule has 98 valence electrons. The van der Waals surface area contributed by atoms with Crippen LogP contribution in [0.25, 0.3) is 0 Å². The van der Waals surface area contributed by atoms with Crippen molar-refractivity contribution in [3.8, 4) is 6.07 Å². The summed E-state index contributed by atoms with van der Waals surface area (Å²) in [6.45, 7) is 0. The van der Waals surface area contributed by atoms with E-state index >= 15 is 0 Å². The summed E-state index contributed by atoms with van der Waals surface area (Å²) in [6.07, 6.45) is 0.842. The molecule has 0 atom stereocenters. The quantitative estimate of drug-likeness (QED) is 0.795. The van der Waals surface area contributed by atoms with Crippen molar-refractivity contribution < 1.29 is 16.8 Å². The highest BCUT2D eigenvalue weighted by atomic mass is 32.3. The van der Waals surface area contributed by atoms with E-state index in [9.17, 15) is 16.8 Å². The highest BCUT2D eigenvalue weighted by Crippen LogP contribution is 2.21. The van der Waals surface area contributed by atoms with Crippen LogP contribution < -0.4 is 4.31 Å². The lowest BCUT2D eigenvalue weighted by molar-refractivity contribution is 0.590. The van der Waals surface area contributed by atoms with Crippen molar-refractivity contribution in [3.05, 3.63) is 29.8 Å². The first-order valence-corrected chi connectivity index (χ1v) is 8.48. The molecule has 0 N–H and O–H groups in total. The van der Waals surface area contributed by atoms with Crippen LogP contribution in [0, 0.1) is 11.3 Å². The van der Waals surface area contributed by atoms with Gasteiger partial charge in [0.15, 0.2) is 14.9 Å². The summed E-state index contributed by atoms with van der Waals surface area (Å²) in [5, 5.41) is 7.89. The van der Waals surface area contributed by atoms with Gasteiger partial charge in [0.2, 0.25) is 10.0 Å². The van der Waals surface area contributed by atoms with Crippen LogP contribution in [0.5, 0.6) is 0 Å². The van der Waals surface area contributed by atoms with E-state index in [1.807, 2.05) is 6.07 Å². The molecule has 0 saturated carbocycles. The predicted octanol–water partition coefficient (Wildman–Crippen LogP) is 0.326. The fourth-order valence-corrected chi connectivity index (χ4v) is 4.60. The normalized spacial score (nSPS) is 11.8. The molecule has 0 aliphatic carbocycles. The van der Waals surface area contributed by atoms with Gasteiger partial charge >= 0.3 is 0 Å². The van der Waals surface area contributed by atoms with Gasteiger partial charge in [-0.3, -0.25) is 4.31 Å². The number of sulfonamides is 1. The molecular formula is C10H12N2O4S2. The average Bonchev–Trinajstić information content (AvgIpc) is 2.24. The van der Waals surface area contributed by atoms with Gasteiger partial charge in [-0.2, -0.15) is 5.26 Å². The van der Waals surface area contributed by atoms with E-state index < -0.39 is 24.9 Å². The second-order valence-electron chi connectivity index (χ2n) is 3.75. The smallest absolute Gasteiger partial charge is 0.249 e. The van der Waals surface area contributed by atoms with Crippen molar-refractivity contribution in [1.82, 2.24) is 0 Å². The molecule has 0 heterocycles. The van der Waals surface area contributed by atoms with E-state index in [1.54, 1.807) is 12.1 Å². The van der Waals surface area contributed by atoms with Gasteiger partial charge in [-0.15, -0.1) is 0 Å². The maximum absolute atomic E-state index is 11.9. The Morgan fingerprint density at radius 2 is 1.78 bits per heavy atom. The highest BCUT2D eigenvalue weighted by Gasteiger charge is 2.25. The number of para-hydroxylation sites is 1. The van der Waals surface area contributed by atoms with Gasteiger partial charge in [0.05, 0.1) is 11.3 Å². The van der Waals surface area contributed by atoms with Crippen LogP contribution in [-0.2, 0) is 19.9 Å². The SMILES string of the molecule is CN(c1ccccc1C#N)S(=O)(=O)CS(C)(=O)=O. The first-order valence-electron chi connectivity index (χ1n) is 4.81. The number of benzene rings is 1. The number of nitriles is 1. The minimum atomic E-state index is -4.01. The van der Waals surface area contributed by atoms with E-state index in [-0.39, 0.29) is 11.3 Å². The van der Waals surface area contributed by atoms with Crippen molar-refractivity contribution in [2.45, 2.75) is 0 Å². The minimum absolute atomic E-state index is 0.156. The summed E-state index contributed by atoms with van der Waals surface area (Å²) in [4.78, 5) is 0. The third-order valence-electron chi connectivity index (χ3n) is 2.14. The maximum atomic E-state index is 11.9. The molecule has 0 bridgehead atoms. The molecule has 1 aromatic carbocycles. The maximum Gasteiger partial charge on any atom is 0.249 e. The van der Waals surface area contributed by atoms with E-state index in [0.717, 1.165) is 10.6 Å². The second-order valence-corrected chi connectivity index (χ2v) is 8.26. The van der Waals surface area contributed by atoms with Gasteiger partial charge in [-0.25, -0.2) is 16.8 Å². The summed E-state index contributed by atoms with van der Waals surface area (Å²) in [6, 6.07) is 7.93. The molecule has 18 heavy (non-hydrogen) atoms. The van der Waals surface area contributed by atoms with Crippen molar-refractivity contribution >= 4 is 25.5 Å². The lowest BCUT2D eigenvalue weighted by Gasteiger charge is -2.19. The molecule has 1 rings (SSSR count). The van der Waals surface area contributed by atoms with Crippen molar-refractivity contribution in [2.75, 3.05) is 22.7 Å². The minimum Gasteiger partial charge on any atom is -0.271 e. The molecule has 0 saturated heterocycles. The van der Waals surface area contributed by atoms with Crippen LogP contribution in [0.4, 0.5) is 5.69 Å². The zero-order valence-electron chi connectivity index (χ0n) is 9.86. The Hall–Kier alpha value is -1.59.